The first-order chi connectivity index (χ1) is 9.83. The standard InChI is InChI=1S/C15H16N4S/c1-19-9-5-8-14(19)13-11-20-15(18-17-13)16-10-12-6-3-2-4-7-12/h2-9H,10-11H2,1H3,(H,16,18). The van der Waals surface area contributed by atoms with E-state index in [4.69, 9.17) is 0 Å². The van der Waals surface area contributed by atoms with Gasteiger partial charge in [0.25, 0.3) is 0 Å². The van der Waals surface area contributed by atoms with E-state index in [9.17, 15) is 0 Å². The highest BCUT2D eigenvalue weighted by atomic mass is 32.2. The summed E-state index contributed by atoms with van der Waals surface area (Å²) in [4.78, 5) is 4.55. The SMILES string of the molecule is Cn1cccc1C1=NNC(=NCc2ccccc2)SC1. The van der Waals surface area contributed by atoms with Gasteiger partial charge in [0.2, 0.25) is 0 Å². The Morgan fingerprint density at radius 1 is 1.25 bits per heavy atom. The van der Waals surface area contributed by atoms with E-state index < -0.39 is 0 Å². The number of nitrogens with zero attached hydrogens (tertiary/aromatic N) is 3. The smallest absolute Gasteiger partial charge is 0.177 e. The van der Waals surface area contributed by atoms with Crippen LogP contribution in [0.25, 0.3) is 0 Å². The Labute approximate surface area is 122 Å². The molecule has 0 bridgehead atoms. The maximum Gasteiger partial charge on any atom is 0.177 e. The maximum atomic E-state index is 4.55. The third-order valence-electron chi connectivity index (χ3n) is 3.12. The van der Waals surface area contributed by atoms with Crippen LogP contribution in [-0.2, 0) is 13.6 Å². The van der Waals surface area contributed by atoms with Gasteiger partial charge in [0, 0.05) is 19.0 Å². The molecule has 0 aliphatic carbocycles. The molecule has 0 amide bonds. The fraction of sp³-hybridized carbons (Fsp3) is 0.200. The van der Waals surface area contributed by atoms with Crippen LogP contribution >= 0.6 is 11.8 Å². The summed E-state index contributed by atoms with van der Waals surface area (Å²) < 4.78 is 2.08. The molecule has 1 aliphatic heterocycles. The zero-order valence-electron chi connectivity index (χ0n) is 11.3. The molecule has 2 aromatic rings. The van der Waals surface area contributed by atoms with Crippen LogP contribution < -0.4 is 5.43 Å². The Bertz CT molecular complexity index is 643. The van der Waals surface area contributed by atoms with Crippen molar-refractivity contribution in [1.82, 2.24) is 9.99 Å². The van der Waals surface area contributed by atoms with Crippen LogP contribution in [0.15, 0.2) is 58.8 Å². The summed E-state index contributed by atoms with van der Waals surface area (Å²) in [5.41, 5.74) is 6.45. The molecule has 3 rings (SSSR count). The molecule has 0 spiro atoms. The monoisotopic (exact) mass is 284 g/mol. The van der Waals surface area contributed by atoms with E-state index in [0.717, 1.165) is 22.3 Å². The summed E-state index contributed by atoms with van der Waals surface area (Å²) in [6.07, 6.45) is 2.03. The van der Waals surface area contributed by atoms with Gasteiger partial charge in [-0.15, -0.1) is 0 Å². The van der Waals surface area contributed by atoms with Crippen molar-refractivity contribution in [2.24, 2.45) is 17.1 Å². The Hall–Kier alpha value is -2.01. The van der Waals surface area contributed by atoms with Crippen LogP contribution in [0.4, 0.5) is 0 Å². The first kappa shape index (κ1) is 13.0. The van der Waals surface area contributed by atoms with E-state index >= 15 is 0 Å². The first-order valence-corrected chi connectivity index (χ1v) is 7.47. The number of aliphatic imine (C=N–C) groups is 1. The highest BCUT2D eigenvalue weighted by Gasteiger charge is 2.14. The molecular weight excluding hydrogens is 268 g/mol. The molecular formula is C15H16N4S. The molecule has 4 nitrogen and oxygen atoms in total. The Kier molecular flexibility index (Phi) is 3.87. The first-order valence-electron chi connectivity index (χ1n) is 6.48. The quantitative estimate of drug-likeness (QED) is 0.941. The van der Waals surface area contributed by atoms with Crippen LogP contribution in [0.5, 0.6) is 0 Å². The minimum Gasteiger partial charge on any atom is -0.350 e. The lowest BCUT2D eigenvalue weighted by Crippen LogP contribution is -2.26. The van der Waals surface area contributed by atoms with Gasteiger partial charge in [0.15, 0.2) is 5.17 Å². The number of hydrazone groups is 1. The zero-order chi connectivity index (χ0) is 13.8. The van der Waals surface area contributed by atoms with Crippen molar-refractivity contribution in [1.29, 1.82) is 0 Å². The fourth-order valence-corrected chi connectivity index (χ4v) is 2.79. The van der Waals surface area contributed by atoms with Crippen molar-refractivity contribution in [3.8, 4) is 0 Å². The molecule has 0 saturated heterocycles. The largest absolute Gasteiger partial charge is 0.350 e. The average Bonchev–Trinajstić information content (AvgIpc) is 2.93. The van der Waals surface area contributed by atoms with Gasteiger partial charge in [0.05, 0.1) is 18.0 Å². The topological polar surface area (TPSA) is 41.7 Å². The van der Waals surface area contributed by atoms with E-state index in [1.54, 1.807) is 11.8 Å². The van der Waals surface area contributed by atoms with E-state index in [-0.39, 0.29) is 0 Å². The summed E-state index contributed by atoms with van der Waals surface area (Å²) in [5.74, 6) is 0.846. The molecule has 1 aromatic heterocycles. The van der Waals surface area contributed by atoms with Crippen molar-refractivity contribution in [3.63, 3.8) is 0 Å². The summed E-state index contributed by atoms with van der Waals surface area (Å²) in [5, 5.41) is 5.30. The molecule has 0 saturated carbocycles. The van der Waals surface area contributed by atoms with Crippen LogP contribution in [0, 0.1) is 0 Å². The predicted molar refractivity (Wildman–Crippen MR) is 85.1 cm³/mol. The molecule has 0 unspecified atom stereocenters. The van der Waals surface area contributed by atoms with Crippen LogP contribution in [0.1, 0.15) is 11.3 Å². The van der Waals surface area contributed by atoms with Crippen LogP contribution in [-0.4, -0.2) is 21.2 Å². The van der Waals surface area contributed by atoms with Gasteiger partial charge in [-0.05, 0) is 17.7 Å². The number of amidine groups is 1. The van der Waals surface area contributed by atoms with E-state index in [0.29, 0.717) is 6.54 Å². The molecule has 20 heavy (non-hydrogen) atoms. The van der Waals surface area contributed by atoms with Crippen molar-refractivity contribution >= 4 is 22.6 Å². The van der Waals surface area contributed by atoms with Gasteiger partial charge in [0.1, 0.15) is 0 Å². The summed E-state index contributed by atoms with van der Waals surface area (Å²) in [6, 6.07) is 14.3. The number of aromatic nitrogens is 1. The maximum absolute atomic E-state index is 4.55. The Morgan fingerprint density at radius 3 is 2.75 bits per heavy atom. The van der Waals surface area contributed by atoms with E-state index in [2.05, 4.69) is 38.3 Å². The molecule has 1 aromatic carbocycles. The van der Waals surface area contributed by atoms with Gasteiger partial charge in [-0.25, -0.2) is 0 Å². The van der Waals surface area contributed by atoms with Gasteiger partial charge in [-0.1, -0.05) is 42.1 Å². The number of aryl methyl sites for hydroxylation is 1. The van der Waals surface area contributed by atoms with Crippen molar-refractivity contribution in [2.75, 3.05) is 5.75 Å². The average molecular weight is 284 g/mol. The molecule has 0 fully saturated rings. The number of hydrogen-bond donors (Lipinski definition) is 1. The lowest BCUT2D eigenvalue weighted by Gasteiger charge is -2.15. The third-order valence-corrected chi connectivity index (χ3v) is 4.03. The van der Waals surface area contributed by atoms with Gasteiger partial charge in [-0.2, -0.15) is 5.10 Å². The highest BCUT2D eigenvalue weighted by molar-refractivity contribution is 8.14. The van der Waals surface area contributed by atoms with Crippen molar-refractivity contribution in [2.45, 2.75) is 6.54 Å². The summed E-state index contributed by atoms with van der Waals surface area (Å²) in [6.45, 7) is 0.686. The predicted octanol–water partition coefficient (Wildman–Crippen LogP) is 2.62. The van der Waals surface area contributed by atoms with E-state index in [1.807, 2.05) is 37.5 Å². The summed E-state index contributed by atoms with van der Waals surface area (Å²) in [7, 11) is 2.03. The number of thioether (sulfide) groups is 1. The highest BCUT2D eigenvalue weighted by Crippen LogP contribution is 2.14. The Morgan fingerprint density at radius 2 is 2.10 bits per heavy atom. The minimum absolute atomic E-state index is 0.686. The Balaban J connectivity index is 1.66. The van der Waals surface area contributed by atoms with Gasteiger partial charge >= 0.3 is 0 Å². The lowest BCUT2D eigenvalue weighted by atomic mass is 10.2. The molecule has 102 valence electrons. The normalized spacial score (nSPS) is 16.9. The number of nitrogens with one attached hydrogen (secondary N) is 1. The molecule has 0 radical (unpaired) electrons. The van der Waals surface area contributed by atoms with E-state index in [1.165, 1.54) is 5.56 Å². The molecule has 1 aliphatic rings. The van der Waals surface area contributed by atoms with Crippen LogP contribution in [0.3, 0.4) is 0 Å². The number of hydrogen-bond acceptors (Lipinski definition) is 3. The second-order valence-electron chi connectivity index (χ2n) is 4.57. The van der Waals surface area contributed by atoms with Gasteiger partial charge in [-0.3, -0.25) is 10.4 Å². The number of benzene rings is 1. The molecule has 1 N–H and O–H groups in total. The lowest BCUT2D eigenvalue weighted by molar-refractivity contribution is 0.905. The minimum atomic E-state index is 0.686. The molecule has 5 heteroatoms. The second-order valence-corrected chi connectivity index (χ2v) is 5.53. The van der Waals surface area contributed by atoms with Gasteiger partial charge < -0.3 is 4.57 Å². The number of rotatable bonds is 3. The fourth-order valence-electron chi connectivity index (χ4n) is 2.04. The molecule has 0 atom stereocenters. The van der Waals surface area contributed by atoms with Crippen molar-refractivity contribution in [3.05, 3.63) is 59.9 Å². The van der Waals surface area contributed by atoms with Crippen LogP contribution in [0.2, 0.25) is 0 Å². The third kappa shape index (κ3) is 2.93. The second kappa shape index (κ2) is 5.96. The summed E-state index contributed by atoms with van der Waals surface area (Å²) >= 11 is 1.69. The zero-order valence-corrected chi connectivity index (χ0v) is 12.1. The molecule has 2 heterocycles. The van der Waals surface area contributed by atoms with Crippen molar-refractivity contribution < 1.29 is 0 Å².